The van der Waals surface area contributed by atoms with Crippen LogP contribution < -0.4 is 14.8 Å². The standard InChI is InChI=1S/C21H22N2O4/c1-3-25-17-10-9-15(13-19(17)26-4-2)21(24)23-14-16-7-5-11-22-20(16)18-8-6-12-27-18/h5-13H,3-4,14H2,1-2H3,(H,23,24). The molecule has 6 nitrogen and oxygen atoms in total. The summed E-state index contributed by atoms with van der Waals surface area (Å²) < 4.78 is 16.5. The average Bonchev–Trinajstić information content (AvgIpc) is 3.22. The zero-order valence-electron chi connectivity index (χ0n) is 15.4. The van der Waals surface area contributed by atoms with Crippen molar-refractivity contribution in [3.8, 4) is 23.0 Å². The third-order valence-electron chi connectivity index (χ3n) is 3.89. The minimum atomic E-state index is -0.201. The molecule has 0 spiro atoms. The summed E-state index contributed by atoms with van der Waals surface area (Å²) in [6.07, 6.45) is 3.30. The highest BCUT2D eigenvalue weighted by Gasteiger charge is 2.13. The first kappa shape index (κ1) is 18.5. The topological polar surface area (TPSA) is 73.6 Å². The lowest BCUT2D eigenvalue weighted by molar-refractivity contribution is 0.0950. The Kier molecular flexibility index (Phi) is 6.10. The van der Waals surface area contributed by atoms with E-state index in [1.807, 2.05) is 38.1 Å². The van der Waals surface area contributed by atoms with E-state index in [2.05, 4.69) is 10.3 Å². The van der Waals surface area contributed by atoms with E-state index in [1.165, 1.54) is 0 Å². The maximum atomic E-state index is 12.6. The van der Waals surface area contributed by atoms with Crippen molar-refractivity contribution >= 4 is 5.91 Å². The molecule has 0 fully saturated rings. The Hall–Kier alpha value is -3.28. The van der Waals surface area contributed by atoms with Crippen molar-refractivity contribution in [3.63, 3.8) is 0 Å². The number of nitrogens with zero attached hydrogens (tertiary/aromatic N) is 1. The van der Waals surface area contributed by atoms with Crippen LogP contribution in [0, 0.1) is 0 Å². The monoisotopic (exact) mass is 366 g/mol. The minimum Gasteiger partial charge on any atom is -0.490 e. The molecule has 0 atom stereocenters. The van der Waals surface area contributed by atoms with Crippen LogP contribution in [-0.4, -0.2) is 24.1 Å². The number of pyridine rings is 1. The van der Waals surface area contributed by atoms with E-state index in [4.69, 9.17) is 13.9 Å². The Morgan fingerprint density at radius 2 is 1.89 bits per heavy atom. The molecule has 0 aliphatic carbocycles. The zero-order chi connectivity index (χ0) is 19.1. The first-order valence-electron chi connectivity index (χ1n) is 8.88. The van der Waals surface area contributed by atoms with Crippen molar-refractivity contribution in [3.05, 3.63) is 66.1 Å². The van der Waals surface area contributed by atoms with Crippen LogP contribution in [0.5, 0.6) is 11.5 Å². The number of carbonyl (C=O) groups is 1. The molecule has 1 aromatic carbocycles. The van der Waals surface area contributed by atoms with Crippen LogP contribution in [-0.2, 0) is 6.54 Å². The number of aromatic nitrogens is 1. The minimum absolute atomic E-state index is 0.201. The second-order valence-electron chi connectivity index (χ2n) is 5.70. The lowest BCUT2D eigenvalue weighted by atomic mass is 10.1. The smallest absolute Gasteiger partial charge is 0.251 e. The Morgan fingerprint density at radius 3 is 2.63 bits per heavy atom. The molecule has 27 heavy (non-hydrogen) atoms. The van der Waals surface area contributed by atoms with Gasteiger partial charge >= 0.3 is 0 Å². The molecule has 3 aromatic rings. The molecule has 2 aromatic heterocycles. The zero-order valence-corrected chi connectivity index (χ0v) is 15.4. The molecule has 3 rings (SSSR count). The van der Waals surface area contributed by atoms with E-state index >= 15 is 0 Å². The quantitative estimate of drug-likeness (QED) is 0.650. The Morgan fingerprint density at radius 1 is 1.07 bits per heavy atom. The average molecular weight is 366 g/mol. The molecule has 0 aliphatic heterocycles. The second kappa shape index (κ2) is 8.89. The predicted molar refractivity (Wildman–Crippen MR) is 102 cm³/mol. The van der Waals surface area contributed by atoms with Gasteiger partial charge < -0.3 is 19.2 Å². The predicted octanol–water partition coefficient (Wildman–Crippen LogP) is 4.07. The number of hydrogen-bond donors (Lipinski definition) is 1. The molecular formula is C21H22N2O4. The van der Waals surface area contributed by atoms with Crippen LogP contribution in [0.2, 0.25) is 0 Å². The summed E-state index contributed by atoms with van der Waals surface area (Å²) in [5.74, 6) is 1.65. The van der Waals surface area contributed by atoms with Gasteiger partial charge in [-0.2, -0.15) is 0 Å². The van der Waals surface area contributed by atoms with Gasteiger partial charge in [-0.3, -0.25) is 9.78 Å². The summed E-state index contributed by atoms with van der Waals surface area (Å²) in [4.78, 5) is 17.0. The summed E-state index contributed by atoms with van der Waals surface area (Å²) in [7, 11) is 0. The first-order valence-corrected chi connectivity index (χ1v) is 8.88. The largest absolute Gasteiger partial charge is 0.490 e. The van der Waals surface area contributed by atoms with Crippen LogP contribution >= 0.6 is 0 Å². The Bertz CT molecular complexity index is 891. The maximum absolute atomic E-state index is 12.6. The fraction of sp³-hybridized carbons (Fsp3) is 0.238. The van der Waals surface area contributed by atoms with Crippen LogP contribution in [0.3, 0.4) is 0 Å². The van der Waals surface area contributed by atoms with Gasteiger partial charge in [0.05, 0.1) is 19.5 Å². The Balaban J connectivity index is 1.74. The van der Waals surface area contributed by atoms with Gasteiger partial charge in [0, 0.05) is 23.9 Å². The van der Waals surface area contributed by atoms with Crippen LogP contribution in [0.25, 0.3) is 11.5 Å². The fourth-order valence-electron chi connectivity index (χ4n) is 2.69. The van der Waals surface area contributed by atoms with Crippen LogP contribution in [0.4, 0.5) is 0 Å². The molecular weight excluding hydrogens is 344 g/mol. The van der Waals surface area contributed by atoms with E-state index in [-0.39, 0.29) is 5.91 Å². The number of furan rings is 1. The first-order chi connectivity index (χ1) is 13.2. The van der Waals surface area contributed by atoms with Gasteiger partial charge in [0.25, 0.3) is 5.91 Å². The van der Waals surface area contributed by atoms with Gasteiger partial charge in [0.15, 0.2) is 17.3 Å². The van der Waals surface area contributed by atoms with Gasteiger partial charge in [-0.25, -0.2) is 0 Å². The lowest BCUT2D eigenvalue weighted by Crippen LogP contribution is -2.23. The third-order valence-corrected chi connectivity index (χ3v) is 3.89. The Labute approximate surface area is 158 Å². The third kappa shape index (κ3) is 4.47. The molecule has 140 valence electrons. The molecule has 1 amide bonds. The van der Waals surface area contributed by atoms with E-state index in [9.17, 15) is 4.79 Å². The highest BCUT2D eigenvalue weighted by molar-refractivity contribution is 5.94. The number of benzene rings is 1. The molecule has 0 radical (unpaired) electrons. The maximum Gasteiger partial charge on any atom is 0.251 e. The van der Waals surface area contributed by atoms with Crippen molar-refractivity contribution in [2.45, 2.75) is 20.4 Å². The summed E-state index contributed by atoms with van der Waals surface area (Å²) in [6.45, 7) is 5.15. The normalized spacial score (nSPS) is 10.4. The van der Waals surface area contributed by atoms with Crippen molar-refractivity contribution in [1.82, 2.24) is 10.3 Å². The van der Waals surface area contributed by atoms with Gasteiger partial charge in [0.2, 0.25) is 0 Å². The molecule has 0 saturated heterocycles. The molecule has 0 saturated carbocycles. The fourth-order valence-corrected chi connectivity index (χ4v) is 2.69. The molecule has 2 heterocycles. The molecule has 0 bridgehead atoms. The van der Waals surface area contributed by atoms with Crippen molar-refractivity contribution < 1.29 is 18.7 Å². The highest BCUT2D eigenvalue weighted by Crippen LogP contribution is 2.28. The second-order valence-corrected chi connectivity index (χ2v) is 5.70. The molecule has 6 heteroatoms. The number of amides is 1. The number of ether oxygens (including phenoxy) is 2. The number of carbonyl (C=O) groups excluding carboxylic acids is 1. The summed E-state index contributed by atoms with van der Waals surface area (Å²) in [5, 5.41) is 2.92. The summed E-state index contributed by atoms with van der Waals surface area (Å²) >= 11 is 0. The van der Waals surface area contributed by atoms with Gasteiger partial charge in [-0.05, 0) is 50.2 Å². The number of rotatable bonds is 8. The lowest BCUT2D eigenvalue weighted by Gasteiger charge is -2.13. The van der Waals surface area contributed by atoms with Crippen molar-refractivity contribution in [1.29, 1.82) is 0 Å². The van der Waals surface area contributed by atoms with E-state index in [1.54, 1.807) is 30.7 Å². The van der Waals surface area contributed by atoms with Gasteiger partial charge in [-0.15, -0.1) is 0 Å². The summed E-state index contributed by atoms with van der Waals surface area (Å²) in [6, 6.07) is 12.6. The molecule has 1 N–H and O–H groups in total. The number of hydrogen-bond acceptors (Lipinski definition) is 5. The van der Waals surface area contributed by atoms with E-state index in [0.717, 1.165) is 5.56 Å². The van der Waals surface area contributed by atoms with E-state index < -0.39 is 0 Å². The van der Waals surface area contributed by atoms with Crippen molar-refractivity contribution in [2.75, 3.05) is 13.2 Å². The number of nitrogens with one attached hydrogen (secondary N) is 1. The molecule has 0 unspecified atom stereocenters. The SMILES string of the molecule is CCOc1ccc(C(=O)NCc2cccnc2-c2ccco2)cc1OCC. The van der Waals surface area contributed by atoms with Gasteiger partial charge in [-0.1, -0.05) is 6.07 Å². The summed E-state index contributed by atoms with van der Waals surface area (Å²) in [5.41, 5.74) is 2.09. The van der Waals surface area contributed by atoms with Crippen LogP contribution in [0.15, 0.2) is 59.3 Å². The van der Waals surface area contributed by atoms with E-state index in [0.29, 0.717) is 48.3 Å². The van der Waals surface area contributed by atoms with Crippen molar-refractivity contribution in [2.24, 2.45) is 0 Å². The molecule has 0 aliphatic rings. The highest BCUT2D eigenvalue weighted by atomic mass is 16.5. The van der Waals surface area contributed by atoms with Crippen LogP contribution in [0.1, 0.15) is 29.8 Å². The van der Waals surface area contributed by atoms with Gasteiger partial charge in [0.1, 0.15) is 5.69 Å².